The first-order chi connectivity index (χ1) is 8.73. The Morgan fingerprint density at radius 2 is 1.61 bits per heavy atom. The maximum absolute atomic E-state index is 7.88. The van der Waals surface area contributed by atoms with Crippen LogP contribution in [-0.4, -0.2) is 32.5 Å². The molecule has 4 nitrogen and oxygen atoms in total. The average Bonchev–Trinajstić information content (AvgIpc) is 2.44. The highest BCUT2D eigenvalue weighted by molar-refractivity contribution is 5.45. The van der Waals surface area contributed by atoms with Gasteiger partial charge in [0, 0.05) is 12.7 Å². The molecule has 0 amide bonds. The highest BCUT2D eigenvalue weighted by atomic mass is 16.5. The first-order valence-electron chi connectivity index (χ1n) is 6.19. The first kappa shape index (κ1) is 16.6. The lowest BCUT2D eigenvalue weighted by Gasteiger charge is -2.10. The molecule has 0 aromatic heterocycles. The van der Waals surface area contributed by atoms with Crippen molar-refractivity contribution in [2.75, 3.05) is 27.4 Å². The monoisotopic (exact) mass is 256 g/mol. The van der Waals surface area contributed by atoms with Gasteiger partial charge in [-0.1, -0.05) is 13.8 Å². The Balaban J connectivity index is 0.000000631. The summed E-state index contributed by atoms with van der Waals surface area (Å²) in [6.45, 7) is 5.04. The molecular weight excluding hydrogens is 232 g/mol. The molecule has 0 fully saturated rings. The maximum Gasteiger partial charge on any atom is 0.164 e. The van der Waals surface area contributed by atoms with E-state index in [9.17, 15) is 0 Å². The number of rotatable bonds is 6. The van der Waals surface area contributed by atoms with Crippen molar-refractivity contribution < 1.29 is 19.3 Å². The second-order valence-electron chi connectivity index (χ2n) is 3.59. The Labute approximate surface area is 109 Å². The van der Waals surface area contributed by atoms with Crippen LogP contribution in [0.2, 0.25) is 0 Å². The molecule has 104 valence electrons. The van der Waals surface area contributed by atoms with Crippen molar-refractivity contribution in [2.45, 2.75) is 26.7 Å². The molecule has 0 atom stereocenters. The molecule has 1 N–H and O–H groups in total. The topological polar surface area (TPSA) is 47.9 Å². The molecule has 1 aromatic carbocycles. The van der Waals surface area contributed by atoms with Gasteiger partial charge in [-0.05, 0) is 25.0 Å². The van der Waals surface area contributed by atoms with Crippen LogP contribution in [0.15, 0.2) is 18.2 Å². The van der Waals surface area contributed by atoms with Crippen molar-refractivity contribution in [1.29, 1.82) is 0 Å². The van der Waals surface area contributed by atoms with E-state index in [1.54, 1.807) is 14.2 Å². The number of aliphatic hydroxyl groups is 1. The van der Waals surface area contributed by atoms with E-state index in [0.29, 0.717) is 12.4 Å². The number of ether oxygens (including phenoxy) is 3. The van der Waals surface area contributed by atoms with Crippen molar-refractivity contribution >= 4 is 0 Å². The third kappa shape index (κ3) is 6.35. The average molecular weight is 256 g/mol. The molecule has 0 saturated carbocycles. The highest BCUT2D eigenvalue weighted by Crippen LogP contribution is 2.30. The molecule has 0 saturated heterocycles. The van der Waals surface area contributed by atoms with Gasteiger partial charge in [-0.15, -0.1) is 0 Å². The number of hydrogen-bond acceptors (Lipinski definition) is 4. The molecule has 0 unspecified atom stereocenters. The van der Waals surface area contributed by atoms with Crippen LogP contribution in [0.25, 0.3) is 0 Å². The SMILES string of the molecule is CCCO.CCCOc1ccc(OC)c(OC)c1. The third-order valence-corrected chi connectivity index (χ3v) is 2.05. The molecule has 18 heavy (non-hydrogen) atoms. The summed E-state index contributed by atoms with van der Waals surface area (Å²) >= 11 is 0. The van der Waals surface area contributed by atoms with E-state index in [4.69, 9.17) is 19.3 Å². The summed E-state index contributed by atoms with van der Waals surface area (Å²) in [5, 5.41) is 7.88. The van der Waals surface area contributed by atoms with Crippen LogP contribution in [0.1, 0.15) is 26.7 Å². The van der Waals surface area contributed by atoms with E-state index in [1.165, 1.54) is 0 Å². The smallest absolute Gasteiger partial charge is 0.164 e. The van der Waals surface area contributed by atoms with Crippen LogP contribution in [-0.2, 0) is 0 Å². The number of benzene rings is 1. The van der Waals surface area contributed by atoms with E-state index in [2.05, 4.69) is 6.92 Å². The summed E-state index contributed by atoms with van der Waals surface area (Å²) < 4.78 is 15.7. The fourth-order valence-electron chi connectivity index (χ4n) is 1.13. The Morgan fingerprint density at radius 1 is 1.00 bits per heavy atom. The van der Waals surface area contributed by atoms with Gasteiger partial charge in [-0.25, -0.2) is 0 Å². The van der Waals surface area contributed by atoms with Gasteiger partial charge in [0.1, 0.15) is 5.75 Å². The fraction of sp³-hybridized carbons (Fsp3) is 0.571. The molecule has 1 rings (SSSR count). The summed E-state index contributed by atoms with van der Waals surface area (Å²) in [6, 6.07) is 5.54. The summed E-state index contributed by atoms with van der Waals surface area (Å²) in [5.41, 5.74) is 0. The van der Waals surface area contributed by atoms with E-state index < -0.39 is 0 Å². The van der Waals surface area contributed by atoms with Crippen molar-refractivity contribution in [2.24, 2.45) is 0 Å². The van der Waals surface area contributed by atoms with Crippen molar-refractivity contribution in [3.63, 3.8) is 0 Å². The van der Waals surface area contributed by atoms with Gasteiger partial charge in [0.05, 0.1) is 20.8 Å². The quantitative estimate of drug-likeness (QED) is 0.850. The molecule has 0 aliphatic rings. The number of methoxy groups -OCH3 is 2. The molecular formula is C14H24O4. The predicted octanol–water partition coefficient (Wildman–Crippen LogP) is 2.88. The Bertz CT molecular complexity index is 311. The third-order valence-electron chi connectivity index (χ3n) is 2.05. The van der Waals surface area contributed by atoms with E-state index in [0.717, 1.165) is 30.9 Å². The molecule has 0 aliphatic heterocycles. The van der Waals surface area contributed by atoms with Crippen LogP contribution in [0.5, 0.6) is 17.2 Å². The zero-order chi connectivity index (χ0) is 13.8. The molecule has 4 heteroatoms. The minimum absolute atomic E-state index is 0.319. The van der Waals surface area contributed by atoms with Gasteiger partial charge >= 0.3 is 0 Å². The highest BCUT2D eigenvalue weighted by Gasteiger charge is 2.04. The van der Waals surface area contributed by atoms with Crippen molar-refractivity contribution in [3.05, 3.63) is 18.2 Å². The van der Waals surface area contributed by atoms with Crippen LogP contribution in [0, 0.1) is 0 Å². The molecule has 0 aliphatic carbocycles. The zero-order valence-corrected chi connectivity index (χ0v) is 11.7. The van der Waals surface area contributed by atoms with Gasteiger partial charge in [0.25, 0.3) is 0 Å². The van der Waals surface area contributed by atoms with Crippen molar-refractivity contribution in [3.8, 4) is 17.2 Å². The number of hydrogen-bond donors (Lipinski definition) is 1. The minimum Gasteiger partial charge on any atom is -0.493 e. The standard InChI is InChI=1S/C11H16O3.C3H8O/c1-4-7-14-9-5-6-10(12-2)11(8-9)13-3;1-2-3-4/h5-6,8H,4,7H2,1-3H3;4H,2-3H2,1H3. The lowest BCUT2D eigenvalue weighted by atomic mass is 10.3. The second kappa shape index (κ2) is 10.7. The summed E-state index contributed by atoms with van der Waals surface area (Å²) in [6.07, 6.45) is 1.87. The molecule has 1 aromatic rings. The Hall–Kier alpha value is -1.42. The van der Waals surface area contributed by atoms with Gasteiger partial charge < -0.3 is 19.3 Å². The Kier molecular flexibility index (Phi) is 9.87. The predicted molar refractivity (Wildman–Crippen MR) is 72.7 cm³/mol. The van der Waals surface area contributed by atoms with E-state index in [-0.39, 0.29) is 0 Å². The minimum atomic E-state index is 0.319. The van der Waals surface area contributed by atoms with Crippen molar-refractivity contribution in [1.82, 2.24) is 0 Å². The summed E-state index contributed by atoms with van der Waals surface area (Å²) in [4.78, 5) is 0. The summed E-state index contributed by atoms with van der Waals surface area (Å²) in [7, 11) is 3.23. The zero-order valence-electron chi connectivity index (χ0n) is 11.7. The van der Waals surface area contributed by atoms with Gasteiger partial charge in [0.15, 0.2) is 11.5 Å². The molecule has 0 heterocycles. The lowest BCUT2D eigenvalue weighted by Crippen LogP contribution is -1.96. The van der Waals surface area contributed by atoms with E-state index >= 15 is 0 Å². The van der Waals surface area contributed by atoms with E-state index in [1.807, 2.05) is 25.1 Å². The maximum atomic E-state index is 7.88. The first-order valence-corrected chi connectivity index (χ1v) is 6.19. The number of aliphatic hydroxyl groups excluding tert-OH is 1. The van der Waals surface area contributed by atoms with Crippen LogP contribution in [0.3, 0.4) is 0 Å². The van der Waals surface area contributed by atoms with Crippen LogP contribution < -0.4 is 14.2 Å². The van der Waals surface area contributed by atoms with Gasteiger partial charge in [-0.2, -0.15) is 0 Å². The van der Waals surface area contributed by atoms with Crippen LogP contribution in [0.4, 0.5) is 0 Å². The summed E-state index contributed by atoms with van der Waals surface area (Å²) in [5.74, 6) is 2.22. The van der Waals surface area contributed by atoms with Gasteiger partial charge in [-0.3, -0.25) is 0 Å². The Morgan fingerprint density at radius 3 is 2.06 bits per heavy atom. The second-order valence-corrected chi connectivity index (χ2v) is 3.59. The molecule has 0 radical (unpaired) electrons. The van der Waals surface area contributed by atoms with Gasteiger partial charge in [0.2, 0.25) is 0 Å². The largest absolute Gasteiger partial charge is 0.493 e. The lowest BCUT2D eigenvalue weighted by molar-refractivity contribution is 0.295. The molecule has 0 bridgehead atoms. The fourth-order valence-corrected chi connectivity index (χ4v) is 1.13. The molecule has 0 spiro atoms. The van der Waals surface area contributed by atoms with Crippen LogP contribution >= 0.6 is 0 Å². The normalized spacial score (nSPS) is 9.17.